The molecule has 0 unspecified atom stereocenters. The van der Waals surface area contributed by atoms with Gasteiger partial charge >= 0.3 is 0 Å². The molecule has 0 amide bonds. The van der Waals surface area contributed by atoms with Crippen molar-refractivity contribution in [3.63, 3.8) is 0 Å². The van der Waals surface area contributed by atoms with Crippen molar-refractivity contribution in [3.05, 3.63) is 72.4 Å². The maximum atomic E-state index is 12.0. The summed E-state index contributed by atoms with van der Waals surface area (Å²) >= 11 is 0. The summed E-state index contributed by atoms with van der Waals surface area (Å²) < 4.78 is 0. The van der Waals surface area contributed by atoms with Crippen LogP contribution in [0.5, 0.6) is 0 Å². The zero-order valence-corrected chi connectivity index (χ0v) is 22.8. The van der Waals surface area contributed by atoms with Gasteiger partial charge in [0, 0.05) is 5.41 Å². The molecule has 0 aromatic rings. The van der Waals surface area contributed by atoms with Crippen molar-refractivity contribution in [1.82, 2.24) is 0 Å². The molecule has 0 atom stereocenters. The molecule has 0 N–H and O–H groups in total. The third-order valence-corrected chi connectivity index (χ3v) is 7.11. The Hall–Kier alpha value is -1.89. The Kier molecular flexibility index (Phi) is 17.5. The van der Waals surface area contributed by atoms with Crippen LogP contribution in [0.25, 0.3) is 0 Å². The summed E-state index contributed by atoms with van der Waals surface area (Å²) in [5.41, 5.74) is 0.852. The molecule has 0 bridgehead atoms. The summed E-state index contributed by atoms with van der Waals surface area (Å²) in [4.78, 5) is 12.0. The summed E-state index contributed by atoms with van der Waals surface area (Å²) in [6, 6.07) is 0. The lowest BCUT2D eigenvalue weighted by molar-refractivity contribution is -0.129. The molecule has 186 valence electrons. The van der Waals surface area contributed by atoms with E-state index in [4.69, 9.17) is 0 Å². The van der Waals surface area contributed by atoms with Gasteiger partial charge in [-0.2, -0.15) is 0 Å². The van der Waals surface area contributed by atoms with Crippen LogP contribution in [0.15, 0.2) is 72.4 Å². The molecular formula is C32H52O. The van der Waals surface area contributed by atoms with E-state index < -0.39 is 0 Å². The minimum Gasteiger partial charge on any atom is -0.299 e. The Balaban J connectivity index is 3.88. The number of allylic oxidation sites excluding steroid dienone is 12. The van der Waals surface area contributed by atoms with E-state index in [-0.39, 0.29) is 16.6 Å². The zero-order chi connectivity index (χ0) is 25.0. The second kappa shape index (κ2) is 18.5. The van der Waals surface area contributed by atoms with Gasteiger partial charge in [0.15, 0.2) is 0 Å². The Morgan fingerprint density at radius 1 is 0.515 bits per heavy atom. The predicted octanol–water partition coefficient (Wildman–Crippen LogP) is 10.3. The molecule has 0 saturated carbocycles. The van der Waals surface area contributed by atoms with Crippen molar-refractivity contribution in [1.29, 1.82) is 0 Å². The third-order valence-electron chi connectivity index (χ3n) is 7.11. The van der Waals surface area contributed by atoms with Crippen LogP contribution in [0.3, 0.4) is 0 Å². The van der Waals surface area contributed by atoms with Gasteiger partial charge in [0.1, 0.15) is 5.78 Å². The lowest BCUT2D eigenvalue weighted by atomic mass is 9.62. The summed E-state index contributed by atoms with van der Waals surface area (Å²) in [6.07, 6.45) is 36.3. The Morgan fingerprint density at radius 2 is 0.818 bits per heavy atom. The largest absolute Gasteiger partial charge is 0.299 e. The molecular weight excluding hydrogens is 400 g/mol. The number of carbonyl (C=O) groups excluding carboxylic acids is 1. The van der Waals surface area contributed by atoms with Crippen LogP contribution in [-0.4, -0.2) is 5.78 Å². The van der Waals surface area contributed by atoms with E-state index in [0.717, 1.165) is 64.2 Å². The minimum absolute atomic E-state index is 0.120. The molecule has 1 heteroatoms. The zero-order valence-electron chi connectivity index (χ0n) is 22.8. The highest BCUT2D eigenvalue weighted by atomic mass is 16.1. The molecule has 0 aromatic heterocycles. The van der Waals surface area contributed by atoms with Crippen molar-refractivity contribution in [3.8, 4) is 0 Å². The van der Waals surface area contributed by atoms with Crippen molar-refractivity contribution in [2.24, 2.45) is 10.8 Å². The van der Waals surface area contributed by atoms with Crippen molar-refractivity contribution in [2.75, 3.05) is 0 Å². The fourth-order valence-electron chi connectivity index (χ4n) is 3.46. The van der Waals surface area contributed by atoms with Gasteiger partial charge in [0.05, 0.1) is 0 Å². The first-order valence-electron chi connectivity index (χ1n) is 13.1. The molecule has 33 heavy (non-hydrogen) atoms. The van der Waals surface area contributed by atoms with Gasteiger partial charge < -0.3 is 0 Å². The first kappa shape index (κ1) is 31.1. The highest BCUT2D eigenvalue weighted by molar-refractivity contribution is 5.82. The highest BCUT2D eigenvalue weighted by Crippen LogP contribution is 2.44. The van der Waals surface area contributed by atoms with Crippen molar-refractivity contribution >= 4 is 5.78 Å². The van der Waals surface area contributed by atoms with Crippen LogP contribution in [0.2, 0.25) is 0 Å². The number of unbranched alkanes of at least 4 members (excludes halogenated alkanes) is 5. The van der Waals surface area contributed by atoms with Gasteiger partial charge in [0.2, 0.25) is 0 Å². The van der Waals surface area contributed by atoms with Crippen LogP contribution in [0.4, 0.5) is 0 Å². The van der Waals surface area contributed by atoms with Gasteiger partial charge in [-0.25, -0.2) is 0 Å². The Labute approximate surface area is 206 Å². The van der Waals surface area contributed by atoms with Crippen LogP contribution in [-0.2, 0) is 4.79 Å². The normalized spacial score (nSPS) is 14.2. The molecule has 0 heterocycles. The lowest BCUT2D eigenvalue weighted by Crippen LogP contribution is -2.39. The van der Waals surface area contributed by atoms with Gasteiger partial charge in [-0.15, -0.1) is 0 Å². The standard InChI is InChI=1S/C32H52O/c1-8-9-10-11-12-13-14-15-16-17-18-19-20-21-22-23-24-25-26-27-28-29(2)31(4,5)32(6,7)30(3)33/h8-9,12-13,16-17,20-21,24-25,28H,10-11,14-15,18-19,22-23,26-27H2,1-7H3. The summed E-state index contributed by atoms with van der Waals surface area (Å²) in [5.74, 6) is 0.253. The SMILES string of the molecule is CC=CCCC=CCCC=CCCC=CCCC=CCCC=C(C)C(C)(C)C(C)(C)C(C)=O. The molecule has 0 aliphatic carbocycles. The molecule has 0 fully saturated rings. The Bertz CT molecular complexity index is 692. The van der Waals surface area contributed by atoms with Gasteiger partial charge in [-0.3, -0.25) is 4.79 Å². The van der Waals surface area contributed by atoms with Crippen molar-refractivity contribution < 1.29 is 4.79 Å². The molecule has 0 spiro atoms. The van der Waals surface area contributed by atoms with Crippen LogP contribution in [0, 0.1) is 10.8 Å². The number of hydrogen-bond donors (Lipinski definition) is 0. The number of rotatable bonds is 18. The van der Waals surface area contributed by atoms with E-state index in [1.54, 1.807) is 6.92 Å². The molecule has 0 aliphatic rings. The number of carbonyl (C=O) groups is 1. The molecule has 0 saturated heterocycles. The van der Waals surface area contributed by atoms with Gasteiger partial charge in [-0.05, 0) is 90.4 Å². The van der Waals surface area contributed by atoms with E-state index in [1.165, 1.54) is 5.57 Å². The number of hydrogen-bond acceptors (Lipinski definition) is 1. The quantitative estimate of drug-likeness (QED) is 0.149. The van der Waals surface area contributed by atoms with E-state index in [0.29, 0.717) is 0 Å². The Morgan fingerprint density at radius 3 is 1.12 bits per heavy atom. The monoisotopic (exact) mass is 452 g/mol. The molecule has 0 rings (SSSR count). The smallest absolute Gasteiger partial charge is 0.136 e. The van der Waals surface area contributed by atoms with E-state index in [2.05, 4.69) is 108 Å². The summed E-state index contributed by atoms with van der Waals surface area (Å²) in [5, 5.41) is 0. The van der Waals surface area contributed by atoms with Crippen molar-refractivity contribution in [2.45, 2.75) is 113 Å². The van der Waals surface area contributed by atoms with Gasteiger partial charge in [-0.1, -0.05) is 100 Å². The highest BCUT2D eigenvalue weighted by Gasteiger charge is 2.41. The minimum atomic E-state index is -0.339. The first-order valence-corrected chi connectivity index (χ1v) is 13.1. The van der Waals surface area contributed by atoms with Crippen LogP contribution in [0.1, 0.15) is 113 Å². The fraction of sp³-hybridized carbons (Fsp3) is 0.594. The lowest BCUT2D eigenvalue weighted by Gasteiger charge is -2.41. The van der Waals surface area contributed by atoms with E-state index >= 15 is 0 Å². The number of Topliss-reactive ketones (excluding diaryl/α,β-unsaturated/α-hetero) is 1. The third kappa shape index (κ3) is 14.1. The molecule has 1 nitrogen and oxygen atoms in total. The fourth-order valence-corrected chi connectivity index (χ4v) is 3.46. The summed E-state index contributed by atoms with van der Waals surface area (Å²) in [6.45, 7) is 14.4. The second-order valence-corrected chi connectivity index (χ2v) is 10.0. The molecule has 0 aliphatic heterocycles. The van der Waals surface area contributed by atoms with Gasteiger partial charge in [0.25, 0.3) is 0 Å². The predicted molar refractivity (Wildman–Crippen MR) is 150 cm³/mol. The first-order chi connectivity index (χ1) is 15.7. The molecule has 0 aromatic carbocycles. The average molecular weight is 453 g/mol. The van der Waals surface area contributed by atoms with E-state index in [1.807, 2.05) is 0 Å². The number of ketones is 1. The summed E-state index contributed by atoms with van der Waals surface area (Å²) in [7, 11) is 0. The molecule has 0 radical (unpaired) electrons. The topological polar surface area (TPSA) is 17.1 Å². The van der Waals surface area contributed by atoms with Crippen LogP contribution < -0.4 is 0 Å². The second-order valence-electron chi connectivity index (χ2n) is 10.0. The maximum Gasteiger partial charge on any atom is 0.136 e. The average Bonchev–Trinajstić information content (AvgIpc) is 2.77. The maximum absolute atomic E-state index is 12.0. The van der Waals surface area contributed by atoms with E-state index in [9.17, 15) is 4.79 Å². The van der Waals surface area contributed by atoms with Crippen LogP contribution >= 0.6 is 0 Å².